The molecule has 4 nitrogen and oxygen atoms in total. The van der Waals surface area contributed by atoms with Crippen molar-refractivity contribution in [1.29, 1.82) is 0 Å². The van der Waals surface area contributed by atoms with Crippen molar-refractivity contribution in [3.8, 4) is 0 Å². The van der Waals surface area contributed by atoms with Gasteiger partial charge in [-0.15, -0.1) is 0 Å². The van der Waals surface area contributed by atoms with E-state index in [0.29, 0.717) is 0 Å². The highest BCUT2D eigenvalue weighted by Crippen LogP contribution is 2.11. The Morgan fingerprint density at radius 2 is 1.71 bits per heavy atom. The van der Waals surface area contributed by atoms with Crippen LogP contribution in [0.1, 0.15) is 11.6 Å². The van der Waals surface area contributed by atoms with Crippen LogP contribution in [0.3, 0.4) is 0 Å². The van der Waals surface area contributed by atoms with Gasteiger partial charge < -0.3 is 15.6 Å². The molecule has 0 aliphatic rings. The van der Waals surface area contributed by atoms with E-state index in [1.807, 2.05) is 30.3 Å². The van der Waals surface area contributed by atoms with Gasteiger partial charge in [-0.3, -0.25) is 4.79 Å². The minimum absolute atomic E-state index is 0.221. The Bertz CT molecular complexity index is 365. The number of carbonyl (C=O) groups excluding carboxylic acids is 2. The van der Waals surface area contributed by atoms with E-state index in [2.05, 4.69) is 5.73 Å². The number of aliphatic carboxylic acids is 1. The van der Waals surface area contributed by atoms with Gasteiger partial charge in [0, 0.05) is 5.56 Å². The van der Waals surface area contributed by atoms with Crippen molar-refractivity contribution in [3.63, 3.8) is 0 Å². The Morgan fingerprint density at radius 1 is 1.29 bits per heavy atom. The zero-order valence-corrected chi connectivity index (χ0v) is 8.61. The Kier molecular flexibility index (Phi) is 5.90. The third kappa shape index (κ3) is 6.31. The lowest BCUT2D eigenvalue weighted by molar-refractivity contribution is -0.405. The number of rotatable bonds is 2. The Morgan fingerprint density at radius 3 is 2.00 bits per heavy atom. The molecule has 1 rings (SSSR count). The largest absolute Gasteiger partial charge is 0.542 e. The smallest absolute Gasteiger partial charge is 0.430 e. The molecule has 0 aliphatic carbocycles. The van der Waals surface area contributed by atoms with Crippen LogP contribution in [-0.4, -0.2) is 18.4 Å². The van der Waals surface area contributed by atoms with Crippen LogP contribution < -0.4 is 10.8 Å². The van der Waals surface area contributed by atoms with Crippen molar-refractivity contribution in [2.24, 2.45) is 0 Å². The molecular formula is C10H10F3NO3. The lowest BCUT2D eigenvalue weighted by Crippen LogP contribution is -2.54. The first-order valence-corrected chi connectivity index (χ1v) is 4.40. The first-order chi connectivity index (χ1) is 7.79. The summed E-state index contributed by atoms with van der Waals surface area (Å²) in [6, 6.07) is 9.29. The number of benzene rings is 1. The van der Waals surface area contributed by atoms with Crippen molar-refractivity contribution in [2.75, 3.05) is 0 Å². The lowest BCUT2D eigenvalue weighted by Gasteiger charge is -2.03. The lowest BCUT2D eigenvalue weighted by atomic mass is 10.1. The number of halogens is 3. The van der Waals surface area contributed by atoms with Crippen LogP contribution in [0.25, 0.3) is 0 Å². The van der Waals surface area contributed by atoms with Gasteiger partial charge in [0.2, 0.25) is 0 Å². The van der Waals surface area contributed by atoms with Crippen LogP contribution in [0.15, 0.2) is 30.3 Å². The van der Waals surface area contributed by atoms with Gasteiger partial charge in [-0.25, -0.2) is 0 Å². The quantitative estimate of drug-likeness (QED) is 0.715. The molecule has 1 aromatic rings. The third-order valence-corrected chi connectivity index (χ3v) is 1.62. The number of quaternary nitrogens is 1. The molecule has 0 bridgehead atoms. The topological polar surface area (TPSA) is 84.8 Å². The molecule has 94 valence electrons. The van der Waals surface area contributed by atoms with Crippen LogP contribution in [0, 0.1) is 0 Å². The SMILES string of the molecule is O=C([O-])C(F)(F)F.[NH3+]C(C=O)c1ccccc1. The molecule has 0 radical (unpaired) electrons. The zero-order chi connectivity index (χ0) is 13.5. The van der Waals surface area contributed by atoms with E-state index in [1.165, 1.54) is 0 Å². The van der Waals surface area contributed by atoms with Gasteiger partial charge in [0.1, 0.15) is 5.97 Å². The van der Waals surface area contributed by atoms with Gasteiger partial charge >= 0.3 is 6.18 Å². The summed E-state index contributed by atoms with van der Waals surface area (Å²) >= 11 is 0. The molecular weight excluding hydrogens is 239 g/mol. The highest BCUT2D eigenvalue weighted by molar-refractivity contribution is 5.70. The second-order valence-electron chi connectivity index (χ2n) is 2.94. The maximum Gasteiger partial charge on any atom is 0.430 e. The first kappa shape index (κ1) is 15.1. The molecule has 0 fully saturated rings. The molecule has 0 saturated heterocycles. The van der Waals surface area contributed by atoms with Crippen LogP contribution in [0.5, 0.6) is 0 Å². The zero-order valence-electron chi connectivity index (χ0n) is 8.61. The van der Waals surface area contributed by atoms with Crippen LogP contribution >= 0.6 is 0 Å². The monoisotopic (exact) mass is 249 g/mol. The number of alkyl halides is 3. The highest BCUT2D eigenvalue weighted by Gasteiger charge is 2.28. The van der Waals surface area contributed by atoms with Gasteiger partial charge in [-0.05, 0) is 0 Å². The molecule has 1 aromatic carbocycles. The van der Waals surface area contributed by atoms with Crippen LogP contribution in [0.2, 0.25) is 0 Å². The average Bonchev–Trinajstić information content (AvgIpc) is 2.28. The number of hydrogen-bond donors (Lipinski definition) is 1. The second kappa shape index (κ2) is 6.64. The summed E-state index contributed by atoms with van der Waals surface area (Å²) < 4.78 is 31.5. The number of carbonyl (C=O) groups is 2. The van der Waals surface area contributed by atoms with E-state index in [9.17, 15) is 18.0 Å². The molecule has 0 heterocycles. The summed E-state index contributed by atoms with van der Waals surface area (Å²) in [5.74, 6) is -3.01. The minimum Gasteiger partial charge on any atom is -0.542 e. The van der Waals surface area contributed by atoms with E-state index in [4.69, 9.17) is 9.90 Å². The average molecular weight is 249 g/mol. The fourth-order valence-electron chi connectivity index (χ4n) is 0.779. The van der Waals surface area contributed by atoms with E-state index in [-0.39, 0.29) is 6.04 Å². The maximum atomic E-state index is 10.5. The van der Waals surface area contributed by atoms with E-state index >= 15 is 0 Å². The summed E-state index contributed by atoms with van der Waals surface area (Å²) in [5, 5.41) is 8.78. The van der Waals surface area contributed by atoms with Gasteiger partial charge in [0.15, 0.2) is 12.3 Å². The van der Waals surface area contributed by atoms with E-state index in [0.717, 1.165) is 11.8 Å². The van der Waals surface area contributed by atoms with Crippen molar-refractivity contribution in [2.45, 2.75) is 12.2 Å². The number of aldehydes is 1. The summed E-state index contributed by atoms with van der Waals surface area (Å²) in [6.07, 6.45) is -4.35. The van der Waals surface area contributed by atoms with Gasteiger partial charge in [0.05, 0.1) is 0 Å². The third-order valence-electron chi connectivity index (χ3n) is 1.62. The van der Waals surface area contributed by atoms with Crippen molar-refractivity contribution < 1.29 is 33.6 Å². The molecule has 0 amide bonds. The summed E-state index contributed by atoms with van der Waals surface area (Å²) in [4.78, 5) is 19.0. The molecule has 0 saturated carbocycles. The molecule has 1 unspecified atom stereocenters. The molecule has 3 N–H and O–H groups in total. The van der Waals surface area contributed by atoms with Crippen molar-refractivity contribution in [3.05, 3.63) is 35.9 Å². The molecule has 0 spiro atoms. The standard InChI is InChI=1S/C8H9NO.C2HF3O2/c9-8(6-10)7-4-2-1-3-5-7;3-2(4,5)1(6)7/h1-6,8H,9H2;(H,6,7). The number of carboxylic acids is 1. The normalized spacial score (nSPS) is 12.0. The van der Waals surface area contributed by atoms with Crippen LogP contribution in [0.4, 0.5) is 13.2 Å². The molecule has 1 atom stereocenters. The fraction of sp³-hybridized carbons (Fsp3) is 0.200. The Balaban J connectivity index is 0.000000325. The predicted octanol–water partition coefficient (Wildman–Crippen LogP) is -0.533. The second-order valence-corrected chi connectivity index (χ2v) is 2.94. The molecule has 0 aliphatic heterocycles. The highest BCUT2D eigenvalue weighted by atomic mass is 19.4. The summed E-state index contributed by atoms with van der Waals surface area (Å²) in [7, 11) is 0. The molecule has 7 heteroatoms. The van der Waals surface area contributed by atoms with Gasteiger partial charge in [0.25, 0.3) is 0 Å². The predicted molar refractivity (Wildman–Crippen MR) is 49.2 cm³/mol. The summed E-state index contributed by atoms with van der Waals surface area (Å²) in [5.41, 5.74) is 4.63. The maximum absolute atomic E-state index is 10.5. The Hall–Kier alpha value is -1.89. The van der Waals surface area contributed by atoms with Crippen LogP contribution in [-0.2, 0) is 9.59 Å². The van der Waals surface area contributed by atoms with Crippen molar-refractivity contribution >= 4 is 12.3 Å². The minimum atomic E-state index is -5.19. The molecule has 0 aromatic heterocycles. The van der Waals surface area contributed by atoms with Crippen molar-refractivity contribution in [1.82, 2.24) is 0 Å². The molecule has 17 heavy (non-hydrogen) atoms. The number of hydrogen-bond acceptors (Lipinski definition) is 3. The van der Waals surface area contributed by atoms with Gasteiger partial charge in [-0.1, -0.05) is 30.3 Å². The van der Waals surface area contributed by atoms with Gasteiger partial charge in [-0.2, -0.15) is 13.2 Å². The van der Waals surface area contributed by atoms with E-state index in [1.54, 1.807) is 0 Å². The Labute approximate surface area is 94.9 Å². The fourth-order valence-corrected chi connectivity index (χ4v) is 0.779. The number of carboxylic acid groups (broad SMARTS) is 1. The summed E-state index contributed by atoms with van der Waals surface area (Å²) in [6.45, 7) is 0. The van der Waals surface area contributed by atoms with E-state index < -0.39 is 12.1 Å². The first-order valence-electron chi connectivity index (χ1n) is 4.40.